The van der Waals surface area contributed by atoms with Gasteiger partial charge in [-0.2, -0.15) is 0 Å². The first-order valence-electron chi connectivity index (χ1n) is 8.21. The van der Waals surface area contributed by atoms with Crippen molar-refractivity contribution < 1.29 is 9.53 Å². The molecule has 2 aromatic carbocycles. The van der Waals surface area contributed by atoms with Crippen LogP contribution in [-0.4, -0.2) is 28.9 Å². The Morgan fingerprint density at radius 2 is 1.92 bits per heavy atom. The predicted octanol–water partition coefficient (Wildman–Crippen LogP) is 4.00. The van der Waals surface area contributed by atoms with Crippen LogP contribution in [0.2, 0.25) is 0 Å². The summed E-state index contributed by atoms with van der Waals surface area (Å²) < 4.78 is 5.46. The predicted molar refractivity (Wildman–Crippen MR) is 99.5 cm³/mol. The number of nitrogens with one attached hydrogen (secondary N) is 1. The van der Waals surface area contributed by atoms with Gasteiger partial charge in [0.25, 0.3) is 0 Å². The van der Waals surface area contributed by atoms with Crippen LogP contribution in [-0.2, 0) is 0 Å². The normalized spacial score (nSPS) is 10.9. The van der Waals surface area contributed by atoms with Gasteiger partial charge in [0.1, 0.15) is 5.75 Å². The molecule has 5 heteroatoms. The van der Waals surface area contributed by atoms with E-state index in [1.165, 1.54) is 0 Å². The van der Waals surface area contributed by atoms with Gasteiger partial charge in [-0.05, 0) is 32.4 Å². The molecule has 3 aromatic rings. The lowest BCUT2D eigenvalue weighted by Gasteiger charge is -2.12. The van der Waals surface area contributed by atoms with Crippen molar-refractivity contribution in [2.45, 2.75) is 26.8 Å². The summed E-state index contributed by atoms with van der Waals surface area (Å²) in [7, 11) is 1.56. The Kier molecular flexibility index (Phi) is 4.65. The molecule has 0 atom stereocenters. The van der Waals surface area contributed by atoms with E-state index in [-0.39, 0.29) is 11.8 Å². The molecule has 5 nitrogen and oxygen atoms in total. The molecule has 1 N–H and O–H groups in total. The fourth-order valence-corrected chi connectivity index (χ4v) is 2.71. The minimum atomic E-state index is -0.0683. The highest BCUT2D eigenvalue weighted by Gasteiger charge is 2.18. The van der Waals surface area contributed by atoms with Crippen molar-refractivity contribution in [1.29, 1.82) is 0 Å². The van der Waals surface area contributed by atoms with Crippen LogP contribution in [0.25, 0.3) is 10.9 Å². The second-order valence-corrected chi connectivity index (χ2v) is 6.25. The van der Waals surface area contributed by atoms with Crippen LogP contribution in [0.3, 0.4) is 0 Å². The van der Waals surface area contributed by atoms with E-state index in [1.54, 1.807) is 25.4 Å². The van der Waals surface area contributed by atoms with E-state index >= 15 is 0 Å². The number of aromatic nitrogens is 2. The number of benzene rings is 2. The number of fused-ring (bicyclic) bond motifs is 1. The number of aryl methyl sites for hydroxylation is 1. The lowest BCUT2D eigenvalue weighted by atomic mass is 9.97. The Labute approximate surface area is 147 Å². The fraction of sp³-hybridized carbons (Fsp3) is 0.250. The molecule has 0 amide bonds. The largest absolute Gasteiger partial charge is 0.496 e. The highest BCUT2D eigenvalue weighted by Crippen LogP contribution is 2.28. The zero-order chi connectivity index (χ0) is 18.0. The van der Waals surface area contributed by atoms with E-state index < -0.39 is 0 Å². The van der Waals surface area contributed by atoms with E-state index in [0.717, 1.165) is 16.5 Å². The highest BCUT2D eigenvalue weighted by molar-refractivity contribution is 6.13. The molecule has 3 rings (SSSR count). The Morgan fingerprint density at radius 1 is 1.16 bits per heavy atom. The SMILES string of the molecule is COc1cc2nc(NC(C)C)ncc2cc1C(=O)c1ccccc1C. The third-order valence-electron chi connectivity index (χ3n) is 3.95. The van der Waals surface area contributed by atoms with Gasteiger partial charge < -0.3 is 10.1 Å². The molecule has 0 saturated carbocycles. The van der Waals surface area contributed by atoms with E-state index in [9.17, 15) is 4.79 Å². The number of methoxy groups -OCH3 is 1. The molecule has 0 aliphatic carbocycles. The van der Waals surface area contributed by atoms with Crippen LogP contribution in [0.1, 0.15) is 35.3 Å². The molecule has 128 valence electrons. The van der Waals surface area contributed by atoms with Gasteiger partial charge >= 0.3 is 0 Å². The molecular formula is C20H21N3O2. The minimum absolute atomic E-state index is 0.0683. The Bertz CT molecular complexity index is 935. The molecule has 1 heterocycles. The smallest absolute Gasteiger partial charge is 0.223 e. The number of hydrogen-bond donors (Lipinski definition) is 1. The summed E-state index contributed by atoms with van der Waals surface area (Å²) >= 11 is 0. The molecule has 0 spiro atoms. The Morgan fingerprint density at radius 3 is 2.60 bits per heavy atom. The fourth-order valence-electron chi connectivity index (χ4n) is 2.71. The number of anilines is 1. The number of carbonyl (C=O) groups is 1. The number of ether oxygens (including phenoxy) is 1. The third kappa shape index (κ3) is 3.45. The molecule has 0 aliphatic heterocycles. The van der Waals surface area contributed by atoms with Crippen molar-refractivity contribution in [3.8, 4) is 5.75 Å². The molecule has 1 aromatic heterocycles. The van der Waals surface area contributed by atoms with Crippen molar-refractivity contribution >= 4 is 22.6 Å². The molecule has 0 saturated heterocycles. The second kappa shape index (κ2) is 6.89. The van der Waals surface area contributed by atoms with Gasteiger partial charge in [-0.25, -0.2) is 9.97 Å². The van der Waals surface area contributed by atoms with Crippen molar-refractivity contribution in [1.82, 2.24) is 9.97 Å². The van der Waals surface area contributed by atoms with E-state index in [1.807, 2.05) is 45.0 Å². The summed E-state index contributed by atoms with van der Waals surface area (Å²) in [6, 6.07) is 11.3. The maximum absolute atomic E-state index is 13.0. The van der Waals surface area contributed by atoms with E-state index in [4.69, 9.17) is 4.74 Å². The summed E-state index contributed by atoms with van der Waals surface area (Å²) in [4.78, 5) is 21.8. The minimum Gasteiger partial charge on any atom is -0.496 e. The van der Waals surface area contributed by atoms with Gasteiger partial charge in [0.2, 0.25) is 5.95 Å². The number of nitrogens with zero attached hydrogens (tertiary/aromatic N) is 2. The van der Waals surface area contributed by atoms with Crippen molar-refractivity contribution in [3.63, 3.8) is 0 Å². The van der Waals surface area contributed by atoms with Crippen LogP contribution in [0, 0.1) is 6.92 Å². The molecular weight excluding hydrogens is 314 g/mol. The molecule has 0 fully saturated rings. The first-order valence-corrected chi connectivity index (χ1v) is 8.21. The highest BCUT2D eigenvalue weighted by atomic mass is 16.5. The monoisotopic (exact) mass is 335 g/mol. The summed E-state index contributed by atoms with van der Waals surface area (Å²) in [6.07, 6.45) is 1.72. The van der Waals surface area contributed by atoms with Crippen LogP contribution < -0.4 is 10.1 Å². The molecule has 0 aliphatic rings. The maximum Gasteiger partial charge on any atom is 0.223 e. The third-order valence-corrected chi connectivity index (χ3v) is 3.95. The summed E-state index contributed by atoms with van der Waals surface area (Å²) in [5, 5.41) is 3.97. The second-order valence-electron chi connectivity index (χ2n) is 6.25. The van der Waals surface area contributed by atoms with Crippen LogP contribution >= 0.6 is 0 Å². The summed E-state index contributed by atoms with van der Waals surface area (Å²) in [5.41, 5.74) is 2.84. The zero-order valence-electron chi connectivity index (χ0n) is 14.8. The molecule has 0 bridgehead atoms. The van der Waals surface area contributed by atoms with Crippen LogP contribution in [0.4, 0.5) is 5.95 Å². The maximum atomic E-state index is 13.0. The van der Waals surface area contributed by atoms with Gasteiger partial charge in [-0.3, -0.25) is 4.79 Å². The van der Waals surface area contributed by atoms with Crippen molar-refractivity contribution in [2.75, 3.05) is 12.4 Å². The van der Waals surface area contributed by atoms with Gasteiger partial charge in [-0.1, -0.05) is 24.3 Å². The number of ketones is 1. The van der Waals surface area contributed by atoms with Gasteiger partial charge in [0, 0.05) is 29.3 Å². The average molecular weight is 335 g/mol. The zero-order valence-corrected chi connectivity index (χ0v) is 14.8. The number of rotatable bonds is 5. The first kappa shape index (κ1) is 16.9. The topological polar surface area (TPSA) is 64.1 Å². The van der Waals surface area contributed by atoms with Crippen molar-refractivity contribution in [3.05, 3.63) is 59.3 Å². The Hall–Kier alpha value is -2.95. The standard InChI is InChI=1S/C20H21N3O2/c1-12(2)22-20-21-11-14-9-16(18(25-4)10-17(14)23-20)19(24)15-8-6-5-7-13(15)3/h5-12H,1-4H3,(H,21,22,23). The summed E-state index contributed by atoms with van der Waals surface area (Å²) in [6.45, 7) is 5.98. The molecule has 0 radical (unpaired) electrons. The quantitative estimate of drug-likeness (QED) is 0.714. The number of hydrogen-bond acceptors (Lipinski definition) is 5. The first-order chi connectivity index (χ1) is 12.0. The molecule has 0 unspecified atom stereocenters. The van der Waals surface area contributed by atoms with Gasteiger partial charge in [-0.15, -0.1) is 0 Å². The lowest BCUT2D eigenvalue weighted by Crippen LogP contribution is -2.12. The van der Waals surface area contributed by atoms with Gasteiger partial charge in [0.05, 0.1) is 18.2 Å². The van der Waals surface area contributed by atoms with E-state index in [2.05, 4.69) is 15.3 Å². The average Bonchev–Trinajstić information content (AvgIpc) is 2.59. The van der Waals surface area contributed by atoms with Crippen molar-refractivity contribution in [2.24, 2.45) is 0 Å². The Balaban J connectivity index is 2.09. The van der Waals surface area contributed by atoms with E-state index in [0.29, 0.717) is 22.8 Å². The van der Waals surface area contributed by atoms with Crippen LogP contribution in [0.15, 0.2) is 42.6 Å². The lowest BCUT2D eigenvalue weighted by molar-refractivity contribution is 0.103. The van der Waals surface area contributed by atoms with Crippen LogP contribution in [0.5, 0.6) is 5.75 Å². The molecule has 25 heavy (non-hydrogen) atoms. The summed E-state index contributed by atoms with van der Waals surface area (Å²) in [5.74, 6) is 0.999. The van der Waals surface area contributed by atoms with Gasteiger partial charge in [0.15, 0.2) is 5.78 Å². The number of carbonyl (C=O) groups excluding carboxylic acids is 1.